The zero-order chi connectivity index (χ0) is 21.3. The Labute approximate surface area is 173 Å². The second-order valence-electron chi connectivity index (χ2n) is 7.53. The fourth-order valence-corrected chi connectivity index (χ4v) is 4.03. The van der Waals surface area contributed by atoms with Gasteiger partial charge in [0, 0.05) is 26.2 Å². The van der Waals surface area contributed by atoms with Gasteiger partial charge in [-0.3, -0.25) is 9.69 Å². The minimum absolute atomic E-state index is 0.0778. The number of aryl methyl sites for hydroxylation is 2. The van der Waals surface area contributed by atoms with E-state index in [2.05, 4.69) is 10.1 Å². The zero-order valence-electron chi connectivity index (χ0n) is 16.9. The molecule has 1 aliphatic heterocycles. The van der Waals surface area contributed by atoms with Crippen LogP contribution in [0.5, 0.6) is 0 Å². The minimum Gasteiger partial charge on any atom is -0.361 e. The quantitative estimate of drug-likeness (QED) is 0.648. The summed E-state index contributed by atoms with van der Waals surface area (Å²) >= 11 is 0. The highest BCUT2D eigenvalue weighted by atomic mass is 19.1. The number of aromatic nitrogens is 1. The average Bonchev–Trinajstić information content (AvgIpc) is 3.09. The second-order valence-corrected chi connectivity index (χ2v) is 7.53. The Kier molecular flexibility index (Phi) is 5.63. The Morgan fingerprint density at radius 2 is 1.40 bits per heavy atom. The molecule has 5 nitrogen and oxygen atoms in total. The van der Waals surface area contributed by atoms with Crippen LogP contribution in [0, 0.1) is 25.5 Å². The first-order chi connectivity index (χ1) is 14.4. The molecular weight excluding hydrogens is 388 g/mol. The predicted octanol–water partition coefficient (Wildman–Crippen LogP) is 4.12. The van der Waals surface area contributed by atoms with Crippen LogP contribution in [0.15, 0.2) is 53.1 Å². The van der Waals surface area contributed by atoms with Crippen LogP contribution in [-0.4, -0.2) is 47.0 Å². The summed E-state index contributed by atoms with van der Waals surface area (Å²) in [5.74, 6) is -0.153. The van der Waals surface area contributed by atoms with Crippen LogP contribution in [0.4, 0.5) is 8.78 Å². The van der Waals surface area contributed by atoms with Crippen molar-refractivity contribution < 1.29 is 18.1 Å². The smallest absolute Gasteiger partial charge is 0.259 e. The Balaban J connectivity index is 1.55. The zero-order valence-corrected chi connectivity index (χ0v) is 16.9. The summed E-state index contributed by atoms with van der Waals surface area (Å²) in [5, 5.41) is 3.87. The molecule has 0 bridgehead atoms. The van der Waals surface area contributed by atoms with Crippen molar-refractivity contribution in [3.8, 4) is 0 Å². The maximum atomic E-state index is 13.5. The van der Waals surface area contributed by atoms with E-state index in [1.54, 1.807) is 43.0 Å². The molecule has 1 aromatic heterocycles. The van der Waals surface area contributed by atoms with E-state index in [1.807, 2.05) is 0 Å². The molecule has 0 aliphatic carbocycles. The third-order valence-electron chi connectivity index (χ3n) is 5.59. The lowest BCUT2D eigenvalue weighted by Gasteiger charge is -2.39. The van der Waals surface area contributed by atoms with Crippen LogP contribution < -0.4 is 0 Å². The Bertz CT molecular complexity index is 959. The van der Waals surface area contributed by atoms with Gasteiger partial charge in [-0.1, -0.05) is 29.4 Å². The van der Waals surface area contributed by atoms with E-state index in [1.165, 1.54) is 24.3 Å². The number of benzene rings is 2. The van der Waals surface area contributed by atoms with E-state index in [-0.39, 0.29) is 23.6 Å². The highest BCUT2D eigenvalue weighted by Crippen LogP contribution is 2.30. The normalized spacial score (nSPS) is 15.0. The summed E-state index contributed by atoms with van der Waals surface area (Å²) in [6.45, 7) is 5.86. The number of rotatable bonds is 4. The SMILES string of the molecule is Cc1noc(C)c1C(=O)N1CCN(C(c2ccc(F)cc2)c2ccc(F)cc2)CC1. The molecule has 0 spiro atoms. The number of piperazine rings is 1. The number of carbonyl (C=O) groups is 1. The first-order valence-corrected chi connectivity index (χ1v) is 9.91. The molecule has 1 fully saturated rings. The van der Waals surface area contributed by atoms with Crippen molar-refractivity contribution in [2.75, 3.05) is 26.2 Å². The van der Waals surface area contributed by atoms with E-state index >= 15 is 0 Å². The molecule has 1 amide bonds. The van der Waals surface area contributed by atoms with Crippen LogP contribution in [-0.2, 0) is 0 Å². The number of carbonyl (C=O) groups excluding carboxylic acids is 1. The van der Waals surface area contributed by atoms with E-state index in [4.69, 9.17) is 4.52 Å². The van der Waals surface area contributed by atoms with Gasteiger partial charge < -0.3 is 9.42 Å². The van der Waals surface area contributed by atoms with Gasteiger partial charge in [0.2, 0.25) is 0 Å². The Morgan fingerprint density at radius 3 is 1.83 bits per heavy atom. The van der Waals surface area contributed by atoms with Gasteiger partial charge in [0.05, 0.1) is 11.7 Å². The van der Waals surface area contributed by atoms with Crippen molar-refractivity contribution in [1.29, 1.82) is 0 Å². The first-order valence-electron chi connectivity index (χ1n) is 9.91. The fraction of sp³-hybridized carbons (Fsp3) is 0.304. The molecule has 156 valence electrons. The largest absolute Gasteiger partial charge is 0.361 e. The fourth-order valence-electron chi connectivity index (χ4n) is 4.03. The molecular formula is C23H23F2N3O2. The summed E-state index contributed by atoms with van der Waals surface area (Å²) in [6.07, 6.45) is 0. The summed E-state index contributed by atoms with van der Waals surface area (Å²) in [7, 11) is 0. The molecule has 0 atom stereocenters. The van der Waals surface area contributed by atoms with Gasteiger partial charge in [-0.25, -0.2) is 8.78 Å². The van der Waals surface area contributed by atoms with E-state index in [0.717, 1.165) is 11.1 Å². The highest BCUT2D eigenvalue weighted by Gasteiger charge is 2.30. The van der Waals surface area contributed by atoms with Crippen molar-refractivity contribution in [2.24, 2.45) is 0 Å². The second kappa shape index (κ2) is 8.36. The molecule has 2 aromatic carbocycles. The molecule has 7 heteroatoms. The van der Waals surface area contributed by atoms with Crippen LogP contribution >= 0.6 is 0 Å². The van der Waals surface area contributed by atoms with Gasteiger partial charge in [0.1, 0.15) is 23.0 Å². The molecule has 0 saturated carbocycles. The molecule has 1 saturated heterocycles. The van der Waals surface area contributed by atoms with Gasteiger partial charge in [-0.05, 0) is 49.2 Å². The van der Waals surface area contributed by atoms with E-state index in [9.17, 15) is 13.6 Å². The van der Waals surface area contributed by atoms with Gasteiger partial charge >= 0.3 is 0 Å². The third-order valence-corrected chi connectivity index (χ3v) is 5.59. The average molecular weight is 411 g/mol. The van der Waals surface area contributed by atoms with E-state index in [0.29, 0.717) is 43.2 Å². The number of halogens is 2. The number of hydrogen-bond acceptors (Lipinski definition) is 4. The minimum atomic E-state index is -0.300. The molecule has 1 aliphatic rings. The molecule has 3 aromatic rings. The van der Waals surface area contributed by atoms with Crippen molar-refractivity contribution in [3.63, 3.8) is 0 Å². The highest BCUT2D eigenvalue weighted by molar-refractivity contribution is 5.96. The van der Waals surface area contributed by atoms with Crippen molar-refractivity contribution in [2.45, 2.75) is 19.9 Å². The number of nitrogens with zero attached hydrogens (tertiary/aromatic N) is 3. The molecule has 4 rings (SSSR count). The molecule has 0 unspecified atom stereocenters. The summed E-state index contributed by atoms with van der Waals surface area (Å²) < 4.78 is 32.1. The van der Waals surface area contributed by atoms with E-state index < -0.39 is 0 Å². The maximum absolute atomic E-state index is 13.5. The molecule has 0 radical (unpaired) electrons. The van der Waals surface area contributed by atoms with Crippen LogP contribution in [0.1, 0.15) is 39.0 Å². The summed E-state index contributed by atoms with van der Waals surface area (Å²) in [5.41, 5.74) is 2.97. The van der Waals surface area contributed by atoms with Gasteiger partial charge in [0.15, 0.2) is 0 Å². The lowest BCUT2D eigenvalue weighted by atomic mass is 9.96. The summed E-state index contributed by atoms with van der Waals surface area (Å²) in [6, 6.07) is 12.6. The third kappa shape index (κ3) is 3.98. The van der Waals surface area contributed by atoms with Gasteiger partial charge in [0.25, 0.3) is 5.91 Å². The van der Waals surface area contributed by atoms with Gasteiger partial charge in [-0.15, -0.1) is 0 Å². The lowest BCUT2D eigenvalue weighted by molar-refractivity contribution is 0.0595. The Hall–Kier alpha value is -3.06. The van der Waals surface area contributed by atoms with Crippen molar-refractivity contribution in [3.05, 3.63) is 88.3 Å². The number of amides is 1. The Morgan fingerprint density at radius 1 is 0.900 bits per heavy atom. The molecule has 30 heavy (non-hydrogen) atoms. The lowest BCUT2D eigenvalue weighted by Crippen LogP contribution is -2.50. The maximum Gasteiger partial charge on any atom is 0.259 e. The molecule has 0 N–H and O–H groups in total. The van der Waals surface area contributed by atoms with Crippen LogP contribution in [0.3, 0.4) is 0 Å². The summed E-state index contributed by atoms with van der Waals surface area (Å²) in [4.78, 5) is 17.0. The van der Waals surface area contributed by atoms with Gasteiger partial charge in [-0.2, -0.15) is 0 Å². The predicted molar refractivity (Wildman–Crippen MR) is 108 cm³/mol. The standard InChI is InChI=1S/C23H23F2N3O2/c1-15-21(16(2)30-26-15)23(29)28-13-11-27(12-14-28)22(17-3-7-19(24)8-4-17)18-5-9-20(25)10-6-18/h3-10,22H,11-14H2,1-2H3. The number of hydrogen-bond donors (Lipinski definition) is 0. The van der Waals surface area contributed by atoms with Crippen molar-refractivity contribution in [1.82, 2.24) is 15.0 Å². The monoisotopic (exact) mass is 411 g/mol. The topological polar surface area (TPSA) is 49.6 Å². The first kappa shape index (κ1) is 20.2. The van der Waals surface area contributed by atoms with Crippen LogP contribution in [0.25, 0.3) is 0 Å². The van der Waals surface area contributed by atoms with Crippen LogP contribution in [0.2, 0.25) is 0 Å². The van der Waals surface area contributed by atoms with Crippen molar-refractivity contribution >= 4 is 5.91 Å². The molecule has 2 heterocycles.